The molecule has 4 heteroatoms. The number of rotatable bonds is 4. The molecule has 1 N–H and O–H groups in total. The second kappa shape index (κ2) is 7.91. The summed E-state index contributed by atoms with van der Waals surface area (Å²) in [6.07, 6.45) is 0. The van der Waals surface area contributed by atoms with Crippen LogP contribution >= 0.6 is 27.3 Å². The maximum atomic E-state index is 13.1. The molecule has 0 spiro atoms. The summed E-state index contributed by atoms with van der Waals surface area (Å²) in [7, 11) is 0. The van der Waals surface area contributed by atoms with E-state index in [1.54, 1.807) is 11.3 Å². The number of amides is 1. The van der Waals surface area contributed by atoms with E-state index in [9.17, 15) is 4.79 Å². The summed E-state index contributed by atoms with van der Waals surface area (Å²) in [6.45, 7) is 0. The number of thiophene rings is 1. The summed E-state index contributed by atoms with van der Waals surface area (Å²) in [5.41, 5.74) is 4.56. The van der Waals surface area contributed by atoms with Crippen molar-refractivity contribution in [2.24, 2.45) is 0 Å². The van der Waals surface area contributed by atoms with Crippen LogP contribution in [0.25, 0.3) is 21.6 Å². The van der Waals surface area contributed by atoms with Crippen molar-refractivity contribution in [3.63, 3.8) is 0 Å². The first kappa shape index (κ1) is 17.7. The fourth-order valence-corrected chi connectivity index (χ4v) is 4.43. The average Bonchev–Trinajstić information content (AvgIpc) is 3.16. The molecule has 27 heavy (non-hydrogen) atoms. The van der Waals surface area contributed by atoms with Crippen molar-refractivity contribution in [2.45, 2.75) is 0 Å². The monoisotopic (exact) mass is 433 g/mol. The standard InChI is InChI=1S/C23H16BrNOS/c24-19-13-7-8-14-20(19)25-23(26)18-15-27-22(17-11-5-2-6-12-17)21(18)16-9-3-1-4-10-16/h1-15H,(H,25,26). The van der Waals surface area contributed by atoms with Gasteiger partial charge >= 0.3 is 0 Å². The molecule has 132 valence electrons. The summed E-state index contributed by atoms with van der Waals surface area (Å²) in [4.78, 5) is 14.2. The van der Waals surface area contributed by atoms with E-state index in [1.165, 1.54) is 0 Å². The van der Waals surface area contributed by atoms with Crippen molar-refractivity contribution < 1.29 is 4.79 Å². The van der Waals surface area contributed by atoms with Gasteiger partial charge in [-0.2, -0.15) is 0 Å². The minimum Gasteiger partial charge on any atom is -0.321 e. The number of carbonyl (C=O) groups excluding carboxylic acids is 1. The van der Waals surface area contributed by atoms with Crippen molar-refractivity contribution in [2.75, 3.05) is 5.32 Å². The molecular weight excluding hydrogens is 418 g/mol. The van der Waals surface area contributed by atoms with Crippen LogP contribution in [0.4, 0.5) is 5.69 Å². The predicted molar refractivity (Wildman–Crippen MR) is 117 cm³/mol. The molecule has 0 saturated heterocycles. The van der Waals surface area contributed by atoms with E-state index in [2.05, 4.69) is 33.4 Å². The Morgan fingerprint density at radius 3 is 2.04 bits per heavy atom. The number of carbonyl (C=O) groups is 1. The zero-order chi connectivity index (χ0) is 18.6. The minimum absolute atomic E-state index is 0.112. The van der Waals surface area contributed by atoms with Gasteiger partial charge in [-0.25, -0.2) is 0 Å². The number of hydrogen-bond acceptors (Lipinski definition) is 2. The van der Waals surface area contributed by atoms with Crippen LogP contribution in [-0.4, -0.2) is 5.91 Å². The lowest BCUT2D eigenvalue weighted by molar-refractivity contribution is 0.102. The summed E-state index contributed by atoms with van der Waals surface area (Å²) in [5.74, 6) is -0.112. The van der Waals surface area contributed by atoms with Crippen LogP contribution in [0.5, 0.6) is 0 Å². The lowest BCUT2D eigenvalue weighted by Crippen LogP contribution is -2.12. The highest BCUT2D eigenvalue weighted by molar-refractivity contribution is 9.10. The Hall–Kier alpha value is -2.69. The van der Waals surface area contributed by atoms with Gasteiger partial charge in [-0.05, 0) is 39.2 Å². The zero-order valence-electron chi connectivity index (χ0n) is 14.4. The second-order valence-electron chi connectivity index (χ2n) is 6.02. The average molecular weight is 434 g/mol. The molecule has 0 aliphatic heterocycles. The molecule has 1 amide bonds. The van der Waals surface area contributed by atoms with E-state index in [0.29, 0.717) is 5.56 Å². The quantitative estimate of drug-likeness (QED) is 0.365. The van der Waals surface area contributed by atoms with Gasteiger partial charge in [0.25, 0.3) is 5.91 Å². The number of benzene rings is 3. The Morgan fingerprint density at radius 1 is 0.778 bits per heavy atom. The van der Waals surface area contributed by atoms with Crippen LogP contribution in [0.2, 0.25) is 0 Å². The maximum absolute atomic E-state index is 13.1. The molecule has 0 saturated carbocycles. The number of anilines is 1. The lowest BCUT2D eigenvalue weighted by Gasteiger charge is -2.10. The predicted octanol–water partition coefficient (Wildman–Crippen LogP) is 7.10. The summed E-state index contributed by atoms with van der Waals surface area (Å²) in [6, 6.07) is 27.9. The van der Waals surface area contributed by atoms with E-state index in [0.717, 1.165) is 31.7 Å². The third-order valence-corrected chi connectivity index (χ3v) is 5.98. The smallest absolute Gasteiger partial charge is 0.257 e. The Bertz CT molecular complexity index is 1070. The molecule has 1 aromatic heterocycles. The molecule has 1 heterocycles. The van der Waals surface area contributed by atoms with E-state index in [4.69, 9.17) is 0 Å². The van der Waals surface area contributed by atoms with Gasteiger partial charge in [-0.1, -0.05) is 72.8 Å². The van der Waals surface area contributed by atoms with Crippen molar-refractivity contribution in [1.82, 2.24) is 0 Å². The molecule has 0 aliphatic rings. The van der Waals surface area contributed by atoms with E-state index >= 15 is 0 Å². The van der Waals surface area contributed by atoms with Crippen molar-refractivity contribution >= 4 is 38.9 Å². The van der Waals surface area contributed by atoms with Crippen LogP contribution in [0.3, 0.4) is 0 Å². The normalized spacial score (nSPS) is 10.6. The summed E-state index contributed by atoms with van der Waals surface area (Å²) < 4.78 is 0.859. The topological polar surface area (TPSA) is 29.1 Å². The van der Waals surface area contributed by atoms with Crippen LogP contribution in [0, 0.1) is 0 Å². The molecule has 0 fully saturated rings. The van der Waals surface area contributed by atoms with Crippen LogP contribution in [0.15, 0.2) is 94.8 Å². The largest absolute Gasteiger partial charge is 0.321 e. The summed E-state index contributed by atoms with van der Waals surface area (Å²) >= 11 is 5.09. The second-order valence-corrected chi connectivity index (χ2v) is 7.75. The molecule has 4 aromatic rings. The third-order valence-electron chi connectivity index (χ3n) is 4.26. The first-order valence-corrected chi connectivity index (χ1v) is 10.2. The first-order chi connectivity index (χ1) is 13.2. The Labute approximate surface area is 170 Å². The van der Waals surface area contributed by atoms with Crippen LogP contribution < -0.4 is 5.32 Å². The highest BCUT2D eigenvalue weighted by atomic mass is 79.9. The molecule has 3 aromatic carbocycles. The zero-order valence-corrected chi connectivity index (χ0v) is 16.8. The van der Waals surface area contributed by atoms with Gasteiger partial charge in [-0.15, -0.1) is 11.3 Å². The lowest BCUT2D eigenvalue weighted by atomic mass is 9.98. The number of para-hydroxylation sites is 1. The Balaban J connectivity index is 1.80. The fourth-order valence-electron chi connectivity index (χ4n) is 2.97. The summed E-state index contributed by atoms with van der Waals surface area (Å²) in [5, 5.41) is 4.96. The van der Waals surface area contributed by atoms with Crippen LogP contribution in [0.1, 0.15) is 10.4 Å². The Morgan fingerprint density at radius 2 is 1.37 bits per heavy atom. The van der Waals surface area contributed by atoms with Gasteiger partial charge in [0.1, 0.15) is 0 Å². The van der Waals surface area contributed by atoms with E-state index in [1.807, 2.05) is 78.2 Å². The molecule has 0 unspecified atom stereocenters. The van der Waals surface area contributed by atoms with Gasteiger partial charge < -0.3 is 5.32 Å². The van der Waals surface area contributed by atoms with E-state index in [-0.39, 0.29) is 5.91 Å². The third kappa shape index (κ3) is 3.72. The van der Waals surface area contributed by atoms with Gasteiger partial charge in [0.2, 0.25) is 0 Å². The SMILES string of the molecule is O=C(Nc1ccccc1Br)c1csc(-c2ccccc2)c1-c1ccccc1. The number of nitrogens with one attached hydrogen (secondary N) is 1. The highest BCUT2D eigenvalue weighted by Crippen LogP contribution is 2.40. The van der Waals surface area contributed by atoms with Gasteiger partial charge in [0.05, 0.1) is 11.3 Å². The molecule has 0 radical (unpaired) electrons. The first-order valence-electron chi connectivity index (χ1n) is 8.52. The molecule has 4 rings (SSSR count). The maximum Gasteiger partial charge on any atom is 0.257 e. The van der Waals surface area contributed by atoms with Crippen LogP contribution in [-0.2, 0) is 0 Å². The molecule has 0 aliphatic carbocycles. The molecule has 2 nitrogen and oxygen atoms in total. The van der Waals surface area contributed by atoms with Crippen molar-refractivity contribution in [1.29, 1.82) is 0 Å². The minimum atomic E-state index is -0.112. The van der Waals surface area contributed by atoms with E-state index < -0.39 is 0 Å². The number of hydrogen-bond donors (Lipinski definition) is 1. The van der Waals surface area contributed by atoms with Gasteiger partial charge in [-0.3, -0.25) is 4.79 Å². The van der Waals surface area contributed by atoms with Crippen molar-refractivity contribution in [3.8, 4) is 21.6 Å². The van der Waals surface area contributed by atoms with Crippen molar-refractivity contribution in [3.05, 3.63) is 100 Å². The molecular formula is C23H16BrNOS. The fraction of sp³-hybridized carbons (Fsp3) is 0. The molecule has 0 bridgehead atoms. The Kier molecular flexibility index (Phi) is 5.19. The highest BCUT2D eigenvalue weighted by Gasteiger charge is 2.20. The number of halogens is 1. The molecule has 0 atom stereocenters. The van der Waals surface area contributed by atoms with Gasteiger partial charge in [0, 0.05) is 20.3 Å². The van der Waals surface area contributed by atoms with Gasteiger partial charge in [0.15, 0.2) is 0 Å².